The molecular weight excluding hydrogens is 371 g/mol. The summed E-state index contributed by atoms with van der Waals surface area (Å²) in [5, 5.41) is 7.35. The average Bonchev–Trinajstić information content (AvgIpc) is 3.00. The van der Waals surface area contributed by atoms with Gasteiger partial charge in [-0.25, -0.2) is 0 Å². The van der Waals surface area contributed by atoms with Gasteiger partial charge in [-0.1, -0.05) is 29.8 Å². The van der Waals surface area contributed by atoms with Crippen LogP contribution in [-0.2, 0) is 30.5 Å². The molecular formula is C16H17ClF3N5O. The monoisotopic (exact) mass is 387 g/mol. The van der Waals surface area contributed by atoms with E-state index in [-0.39, 0.29) is 37.8 Å². The maximum atomic E-state index is 12.8. The predicted molar refractivity (Wildman–Crippen MR) is 88.2 cm³/mol. The fraction of sp³-hybridized carbons (Fsp3) is 0.438. The summed E-state index contributed by atoms with van der Waals surface area (Å²) in [6.07, 6.45) is -4.05. The highest BCUT2D eigenvalue weighted by atomic mass is 35.5. The number of halogens is 4. The van der Waals surface area contributed by atoms with Crippen LogP contribution in [0.4, 0.5) is 13.2 Å². The molecule has 1 aliphatic heterocycles. The quantitative estimate of drug-likeness (QED) is 0.873. The molecule has 1 aromatic heterocycles. The predicted octanol–water partition coefficient (Wildman–Crippen LogP) is 2.25. The average molecular weight is 388 g/mol. The van der Waals surface area contributed by atoms with Crippen LogP contribution in [0.1, 0.15) is 23.6 Å². The number of rotatable bonds is 4. The van der Waals surface area contributed by atoms with Crippen LogP contribution >= 0.6 is 11.6 Å². The Kier molecular flexibility index (Phi) is 5.19. The first kappa shape index (κ1) is 18.7. The summed E-state index contributed by atoms with van der Waals surface area (Å²) in [6.45, 7) is 0.148. The first-order valence-electron chi connectivity index (χ1n) is 8.01. The molecule has 1 aromatic carbocycles. The number of amides is 1. The van der Waals surface area contributed by atoms with E-state index in [1.807, 2.05) is 18.2 Å². The highest BCUT2D eigenvalue weighted by Gasteiger charge is 2.39. The number of fused-ring (bicyclic) bond motifs is 1. The molecule has 0 fully saturated rings. The van der Waals surface area contributed by atoms with E-state index < -0.39 is 18.0 Å². The molecule has 0 spiro atoms. The third-order valence-corrected chi connectivity index (χ3v) is 4.60. The highest BCUT2D eigenvalue weighted by molar-refractivity contribution is 6.31. The van der Waals surface area contributed by atoms with Gasteiger partial charge in [0.2, 0.25) is 11.7 Å². The second-order valence-electron chi connectivity index (χ2n) is 6.16. The Morgan fingerprint density at radius 3 is 2.69 bits per heavy atom. The van der Waals surface area contributed by atoms with E-state index in [1.165, 1.54) is 4.90 Å². The minimum Gasteiger partial charge on any atom is -0.333 e. The molecule has 1 atom stereocenters. The zero-order valence-electron chi connectivity index (χ0n) is 13.7. The largest absolute Gasteiger partial charge is 0.451 e. The van der Waals surface area contributed by atoms with E-state index in [1.54, 1.807) is 6.07 Å². The van der Waals surface area contributed by atoms with E-state index in [9.17, 15) is 18.0 Å². The van der Waals surface area contributed by atoms with Gasteiger partial charge < -0.3 is 15.2 Å². The van der Waals surface area contributed by atoms with Crippen LogP contribution in [0.25, 0.3) is 0 Å². The Bertz CT molecular complexity index is 807. The van der Waals surface area contributed by atoms with Crippen molar-refractivity contribution in [2.24, 2.45) is 5.73 Å². The van der Waals surface area contributed by atoms with Gasteiger partial charge >= 0.3 is 6.18 Å². The molecule has 0 saturated carbocycles. The van der Waals surface area contributed by atoms with Gasteiger partial charge in [-0.05, 0) is 18.1 Å². The molecule has 140 valence electrons. The van der Waals surface area contributed by atoms with Crippen LogP contribution < -0.4 is 5.73 Å². The number of carbonyl (C=O) groups excluding carboxylic acids is 1. The maximum Gasteiger partial charge on any atom is 0.451 e. The summed E-state index contributed by atoms with van der Waals surface area (Å²) >= 11 is 6.09. The van der Waals surface area contributed by atoms with Crippen molar-refractivity contribution in [3.8, 4) is 0 Å². The molecule has 0 bridgehead atoms. The molecule has 0 aliphatic carbocycles. The normalized spacial score (nSPS) is 15.7. The number of nitrogens with zero attached hydrogens (tertiary/aromatic N) is 4. The maximum absolute atomic E-state index is 12.8. The number of aromatic nitrogens is 3. The molecule has 2 aromatic rings. The van der Waals surface area contributed by atoms with Crippen LogP contribution in [-0.4, -0.2) is 38.2 Å². The Hall–Kier alpha value is -2.13. The Morgan fingerprint density at radius 2 is 2.00 bits per heavy atom. The minimum atomic E-state index is -4.56. The molecule has 1 amide bonds. The summed E-state index contributed by atoms with van der Waals surface area (Å²) in [4.78, 5) is 13.9. The van der Waals surface area contributed by atoms with Crippen LogP contribution in [0.5, 0.6) is 0 Å². The third kappa shape index (κ3) is 3.99. The van der Waals surface area contributed by atoms with Gasteiger partial charge in [0.25, 0.3) is 0 Å². The van der Waals surface area contributed by atoms with E-state index in [0.717, 1.165) is 10.1 Å². The van der Waals surface area contributed by atoms with Crippen molar-refractivity contribution in [3.05, 3.63) is 46.5 Å². The number of alkyl halides is 3. The van der Waals surface area contributed by atoms with Crippen molar-refractivity contribution < 1.29 is 18.0 Å². The third-order valence-electron chi connectivity index (χ3n) is 4.24. The topological polar surface area (TPSA) is 77.0 Å². The van der Waals surface area contributed by atoms with Crippen molar-refractivity contribution >= 4 is 17.5 Å². The van der Waals surface area contributed by atoms with Crippen LogP contribution in [0.2, 0.25) is 5.02 Å². The molecule has 1 aliphatic rings. The van der Waals surface area contributed by atoms with Crippen LogP contribution in [0.3, 0.4) is 0 Å². The van der Waals surface area contributed by atoms with Crippen molar-refractivity contribution in [1.82, 2.24) is 19.7 Å². The molecule has 0 saturated heterocycles. The number of carbonyl (C=O) groups is 1. The van der Waals surface area contributed by atoms with Crippen molar-refractivity contribution in [1.29, 1.82) is 0 Å². The fourth-order valence-corrected chi connectivity index (χ4v) is 3.17. The number of benzene rings is 1. The lowest BCUT2D eigenvalue weighted by molar-refractivity contribution is -0.148. The van der Waals surface area contributed by atoms with Crippen LogP contribution in [0, 0.1) is 0 Å². The SMILES string of the molecule is N[C@@H](CC(=O)N1CCn2c(nnc2C(F)(F)F)C1)Cc1ccccc1Cl. The molecule has 3 rings (SSSR count). The molecule has 6 nitrogen and oxygen atoms in total. The van der Waals surface area contributed by atoms with Crippen molar-refractivity contribution in [3.63, 3.8) is 0 Å². The van der Waals surface area contributed by atoms with Gasteiger partial charge in [-0.2, -0.15) is 13.2 Å². The summed E-state index contributed by atoms with van der Waals surface area (Å²) in [7, 11) is 0. The summed E-state index contributed by atoms with van der Waals surface area (Å²) < 4.78 is 39.5. The number of hydrogen-bond acceptors (Lipinski definition) is 4. The zero-order valence-corrected chi connectivity index (χ0v) is 14.5. The lowest BCUT2D eigenvalue weighted by atomic mass is 10.0. The van der Waals surface area contributed by atoms with Gasteiger partial charge in [-0.15, -0.1) is 10.2 Å². The number of hydrogen-bond donors (Lipinski definition) is 1. The van der Waals surface area contributed by atoms with Gasteiger partial charge in [0.1, 0.15) is 0 Å². The smallest absolute Gasteiger partial charge is 0.333 e. The van der Waals surface area contributed by atoms with Crippen molar-refractivity contribution in [2.75, 3.05) is 6.54 Å². The van der Waals surface area contributed by atoms with Gasteiger partial charge in [0.15, 0.2) is 5.82 Å². The van der Waals surface area contributed by atoms with E-state index in [4.69, 9.17) is 17.3 Å². The molecule has 0 unspecified atom stereocenters. The lowest BCUT2D eigenvalue weighted by Crippen LogP contribution is -2.42. The van der Waals surface area contributed by atoms with Gasteiger partial charge in [0.05, 0.1) is 6.54 Å². The standard InChI is InChI=1S/C16H17ClF3N5O/c17-12-4-2-1-3-10(12)7-11(21)8-14(26)24-5-6-25-13(9-24)22-23-15(25)16(18,19)20/h1-4,11H,5-9,21H2/t11-/m1/s1. The molecule has 10 heteroatoms. The minimum absolute atomic E-state index is 0.00265. The van der Waals surface area contributed by atoms with Gasteiger partial charge in [0, 0.05) is 30.6 Å². The Labute approximate surface area is 152 Å². The highest BCUT2D eigenvalue weighted by Crippen LogP contribution is 2.29. The second kappa shape index (κ2) is 7.24. The number of nitrogens with two attached hydrogens (primary N) is 1. The van der Waals surface area contributed by atoms with E-state index >= 15 is 0 Å². The van der Waals surface area contributed by atoms with E-state index in [0.29, 0.717) is 11.4 Å². The fourth-order valence-electron chi connectivity index (χ4n) is 2.95. The summed E-state index contributed by atoms with van der Waals surface area (Å²) in [5.74, 6) is -1.14. The first-order chi connectivity index (χ1) is 12.3. The molecule has 26 heavy (non-hydrogen) atoms. The summed E-state index contributed by atoms with van der Waals surface area (Å²) in [6, 6.07) is 6.80. The first-order valence-corrected chi connectivity index (χ1v) is 8.39. The zero-order chi connectivity index (χ0) is 18.9. The lowest BCUT2D eigenvalue weighted by Gasteiger charge is -2.29. The van der Waals surface area contributed by atoms with Crippen LogP contribution in [0.15, 0.2) is 24.3 Å². The van der Waals surface area contributed by atoms with Crippen molar-refractivity contribution in [2.45, 2.75) is 38.1 Å². The Morgan fingerprint density at radius 1 is 1.27 bits per heavy atom. The van der Waals surface area contributed by atoms with E-state index in [2.05, 4.69) is 10.2 Å². The second-order valence-corrected chi connectivity index (χ2v) is 6.57. The summed E-state index contributed by atoms with van der Waals surface area (Å²) in [5.41, 5.74) is 6.90. The molecule has 2 heterocycles. The molecule has 2 N–H and O–H groups in total. The Balaban J connectivity index is 1.61. The molecule has 0 radical (unpaired) electrons. The van der Waals surface area contributed by atoms with Gasteiger partial charge in [-0.3, -0.25) is 4.79 Å².